The fraction of sp³-hybridized carbons (Fsp3) is 0.0400. The molecule has 0 unspecified atom stereocenters. The molecule has 11 aromatic carbocycles. The first-order chi connectivity index (χ1) is 42.8. The van der Waals surface area contributed by atoms with E-state index in [0.29, 0.717) is 23.8 Å². The van der Waals surface area contributed by atoms with Crippen molar-refractivity contribution < 1.29 is 0 Å². The quantitative estimate of drug-likeness (QED) is 0.105. The third-order valence-electron chi connectivity index (χ3n) is 17.0. The smallest absolute Gasteiger partial charge is 0.239 e. The lowest BCUT2D eigenvalue weighted by atomic mass is 10.2. The van der Waals surface area contributed by atoms with Crippen LogP contribution in [0.4, 0.5) is 0 Å². The Hall–Kier alpha value is -10.9. The van der Waals surface area contributed by atoms with E-state index in [1.54, 1.807) is 0 Å². The van der Waals surface area contributed by atoms with Crippen LogP contribution in [-0.2, 0) is 0 Å². The predicted molar refractivity (Wildman–Crippen MR) is 364 cm³/mol. The number of fused-ring (bicyclic) bond motifs is 12. The fourth-order valence-corrected chi connectivity index (χ4v) is 18.4. The summed E-state index contributed by atoms with van der Waals surface area (Å²) in [6.45, 7) is 6.86. The van der Waals surface area contributed by atoms with Gasteiger partial charge in [-0.1, -0.05) is 256 Å². The molecule has 0 radical (unpaired) electrons. The second-order valence-electron chi connectivity index (χ2n) is 23.1. The molecule has 0 aliphatic heterocycles. The van der Waals surface area contributed by atoms with Crippen molar-refractivity contribution in [3.05, 3.63) is 285 Å². The van der Waals surface area contributed by atoms with Crippen LogP contribution in [0.3, 0.4) is 0 Å². The standard InChI is InChI=1S/C45H31N5Si.C30H25N5Si/c1-4-18-32(19-5-1)51(33-20-6-2-7-21-33,34-22-8-3-9-23-34)45-47-43(49-39-28-14-10-24-35(39)36-25-11-15-29-40(36)49)46-44(48-45)50-41-30-16-12-26-37(41)38-27-13-17-31-42(38)50;1-36(2,3)30-32-28(34-24-16-8-4-12-20(24)21-13-5-9-17-25(21)34)31-29(33-30)35-26-18-10-6-14-22(26)23-15-7-11-19-27(23)35/h1-31H;4-19H,1-3H3. The Kier molecular flexibility index (Phi) is 12.3. The molecule has 0 aliphatic rings. The number of nitrogens with zero attached hydrogens (tertiary/aromatic N) is 10. The number of para-hydroxylation sites is 8. The molecule has 0 saturated heterocycles. The Morgan fingerprint density at radius 2 is 0.391 bits per heavy atom. The van der Waals surface area contributed by atoms with Crippen LogP contribution in [0.5, 0.6) is 0 Å². The van der Waals surface area contributed by atoms with Gasteiger partial charge in [0.1, 0.15) is 19.0 Å². The Morgan fingerprint density at radius 3 is 0.598 bits per heavy atom. The normalized spacial score (nSPS) is 12.1. The van der Waals surface area contributed by atoms with Crippen LogP contribution in [0.15, 0.2) is 285 Å². The molecule has 0 saturated carbocycles. The van der Waals surface area contributed by atoms with E-state index in [2.05, 4.69) is 323 Å². The van der Waals surface area contributed by atoms with Crippen molar-refractivity contribution in [1.29, 1.82) is 0 Å². The van der Waals surface area contributed by atoms with Gasteiger partial charge in [0.15, 0.2) is 0 Å². The average molecular weight is 1150 g/mol. The average Bonchev–Trinajstić information content (AvgIpc) is 1.98. The maximum absolute atomic E-state index is 5.64. The number of rotatable bonds is 9. The molecule has 0 fully saturated rings. The minimum absolute atomic E-state index is 0.592. The highest BCUT2D eigenvalue weighted by atomic mass is 28.3. The van der Waals surface area contributed by atoms with Crippen molar-refractivity contribution in [2.75, 3.05) is 0 Å². The molecule has 17 rings (SSSR count). The monoisotopic (exact) mass is 1150 g/mol. The highest BCUT2D eigenvalue weighted by Crippen LogP contribution is 2.36. The maximum Gasteiger partial charge on any atom is 0.239 e. The number of hydrogen-bond acceptors (Lipinski definition) is 6. The summed E-state index contributed by atoms with van der Waals surface area (Å²) >= 11 is 0. The summed E-state index contributed by atoms with van der Waals surface area (Å²) in [7, 11) is -5.03. The first kappa shape index (κ1) is 51.7. The molecule has 0 aliphatic carbocycles. The SMILES string of the molecule is C[Si](C)(C)c1nc(-n2c3ccccc3c3ccccc32)nc(-n2c3ccccc3c3ccccc32)n1.c1ccc([Si](c2ccccc2)(c2ccccc2)c2nc(-n3c4ccccc4c4ccccc43)nc(-n3c4ccccc4c4ccccc43)n2)cc1. The molecule has 0 amide bonds. The Balaban J connectivity index is 0.000000149. The summed E-state index contributed by atoms with van der Waals surface area (Å²) < 4.78 is 8.81. The highest BCUT2D eigenvalue weighted by Gasteiger charge is 2.45. The van der Waals surface area contributed by atoms with Crippen LogP contribution < -0.4 is 26.5 Å². The van der Waals surface area contributed by atoms with E-state index in [0.717, 1.165) is 76.6 Å². The van der Waals surface area contributed by atoms with E-state index in [4.69, 9.17) is 29.9 Å². The van der Waals surface area contributed by atoms with Gasteiger partial charge in [-0.3, -0.25) is 18.3 Å². The van der Waals surface area contributed by atoms with Crippen LogP contribution in [0, 0.1) is 0 Å². The maximum atomic E-state index is 5.64. The zero-order chi connectivity index (χ0) is 58.2. The van der Waals surface area contributed by atoms with Crippen LogP contribution >= 0.6 is 0 Å². The number of hydrogen-bond donors (Lipinski definition) is 0. The largest absolute Gasteiger partial charge is 0.278 e. The fourth-order valence-electron chi connectivity index (χ4n) is 13.1. The minimum atomic E-state index is -3.15. The number of benzene rings is 11. The number of aromatic nitrogens is 10. The molecule has 17 aromatic rings. The third kappa shape index (κ3) is 8.35. The van der Waals surface area contributed by atoms with E-state index in [1.807, 2.05) is 0 Å². The molecule has 0 spiro atoms. The lowest BCUT2D eigenvalue weighted by molar-refractivity contribution is 0.902. The summed E-state index contributed by atoms with van der Waals surface area (Å²) in [4.78, 5) is 32.1. The molecule has 0 N–H and O–H groups in total. The van der Waals surface area contributed by atoms with Crippen molar-refractivity contribution in [2.24, 2.45) is 0 Å². The Morgan fingerprint density at radius 1 is 0.207 bits per heavy atom. The van der Waals surface area contributed by atoms with E-state index in [-0.39, 0.29) is 0 Å². The highest BCUT2D eigenvalue weighted by molar-refractivity contribution is 7.19. The van der Waals surface area contributed by atoms with Crippen molar-refractivity contribution >= 4 is 130 Å². The molecular weight excluding hydrogens is 1100 g/mol. The van der Waals surface area contributed by atoms with Gasteiger partial charge in [0, 0.05) is 43.1 Å². The molecule has 12 heteroatoms. The van der Waals surface area contributed by atoms with Crippen molar-refractivity contribution in [2.45, 2.75) is 19.6 Å². The van der Waals surface area contributed by atoms with Gasteiger partial charge in [-0.2, -0.15) is 9.97 Å². The Labute approximate surface area is 503 Å². The second kappa shape index (κ2) is 20.7. The lowest BCUT2D eigenvalue weighted by Crippen LogP contribution is -2.76. The van der Waals surface area contributed by atoms with Gasteiger partial charge in [-0.05, 0) is 64.1 Å². The van der Waals surface area contributed by atoms with Crippen molar-refractivity contribution in [3.63, 3.8) is 0 Å². The molecule has 0 bridgehead atoms. The summed E-state index contributed by atoms with van der Waals surface area (Å²) in [5, 5.41) is 13.0. The van der Waals surface area contributed by atoms with Gasteiger partial charge >= 0.3 is 0 Å². The van der Waals surface area contributed by atoms with Gasteiger partial charge in [-0.25, -0.2) is 19.9 Å². The van der Waals surface area contributed by atoms with E-state index >= 15 is 0 Å². The van der Waals surface area contributed by atoms with Crippen LogP contribution in [0.1, 0.15) is 0 Å². The summed E-state index contributed by atoms with van der Waals surface area (Å²) in [6.07, 6.45) is 0. The van der Waals surface area contributed by atoms with Crippen LogP contribution in [-0.4, -0.2) is 64.3 Å². The predicted octanol–water partition coefficient (Wildman–Crippen LogP) is 14.1. The molecule has 87 heavy (non-hydrogen) atoms. The molecule has 10 nitrogen and oxygen atoms in total. The summed E-state index contributed by atoms with van der Waals surface area (Å²) in [5.41, 5.74) is 10.3. The second-order valence-corrected chi connectivity index (χ2v) is 31.7. The van der Waals surface area contributed by atoms with Crippen LogP contribution in [0.2, 0.25) is 19.6 Å². The van der Waals surface area contributed by atoms with Crippen LogP contribution in [0.25, 0.3) is 111 Å². The topological polar surface area (TPSA) is 97.1 Å². The van der Waals surface area contributed by atoms with Gasteiger partial charge in [0.2, 0.25) is 31.9 Å². The lowest BCUT2D eigenvalue weighted by Gasteiger charge is -2.32. The molecule has 6 heterocycles. The zero-order valence-corrected chi connectivity index (χ0v) is 50.1. The van der Waals surface area contributed by atoms with Gasteiger partial charge in [-0.15, -0.1) is 0 Å². The van der Waals surface area contributed by atoms with Gasteiger partial charge in [0.05, 0.1) is 44.1 Å². The summed E-state index contributed by atoms with van der Waals surface area (Å²) in [6, 6.07) is 101. The minimum Gasteiger partial charge on any atom is -0.278 e. The van der Waals surface area contributed by atoms with Gasteiger partial charge in [0.25, 0.3) is 0 Å². The van der Waals surface area contributed by atoms with E-state index in [1.165, 1.54) is 37.1 Å². The first-order valence-electron chi connectivity index (χ1n) is 29.5. The van der Waals surface area contributed by atoms with E-state index < -0.39 is 16.1 Å². The zero-order valence-electron chi connectivity index (χ0n) is 48.1. The molecular formula is C75H56N10Si2. The van der Waals surface area contributed by atoms with Crippen molar-refractivity contribution in [3.8, 4) is 23.8 Å². The van der Waals surface area contributed by atoms with E-state index in [9.17, 15) is 0 Å². The molecule has 0 atom stereocenters. The first-order valence-corrected chi connectivity index (χ1v) is 35.0. The summed E-state index contributed by atoms with van der Waals surface area (Å²) in [5.74, 6) is 2.51. The van der Waals surface area contributed by atoms with Crippen molar-refractivity contribution in [1.82, 2.24) is 48.2 Å². The van der Waals surface area contributed by atoms with Gasteiger partial charge < -0.3 is 0 Å². The third-order valence-corrected chi connectivity index (χ3v) is 23.0. The molecule has 6 aromatic heterocycles. The Bertz CT molecular complexity index is 4900. The molecule has 414 valence electrons.